The number of hydrogen-bond acceptors (Lipinski definition) is 3. The zero-order valence-corrected chi connectivity index (χ0v) is 11.3. The van der Waals surface area contributed by atoms with Crippen molar-refractivity contribution < 1.29 is 4.74 Å². The van der Waals surface area contributed by atoms with Crippen molar-refractivity contribution in [1.82, 2.24) is 4.98 Å². The summed E-state index contributed by atoms with van der Waals surface area (Å²) < 4.78 is 5.92. The molecule has 0 spiro atoms. The largest absolute Gasteiger partial charge is 0.455 e. The molecule has 0 radical (unpaired) electrons. The van der Waals surface area contributed by atoms with Crippen LogP contribution in [0.4, 0.5) is 0 Å². The molecule has 0 amide bonds. The zero-order valence-electron chi connectivity index (χ0n) is 11.3. The summed E-state index contributed by atoms with van der Waals surface area (Å²) in [4.78, 5) is 4.38. The molecular formula is C17H16N2O. The van der Waals surface area contributed by atoms with E-state index >= 15 is 0 Å². The van der Waals surface area contributed by atoms with Crippen LogP contribution in [0.3, 0.4) is 0 Å². The van der Waals surface area contributed by atoms with Crippen molar-refractivity contribution in [2.45, 2.75) is 13.0 Å². The van der Waals surface area contributed by atoms with E-state index in [-0.39, 0.29) is 6.04 Å². The fourth-order valence-corrected chi connectivity index (χ4v) is 2.12. The van der Waals surface area contributed by atoms with Gasteiger partial charge in [-0.25, -0.2) is 0 Å². The lowest BCUT2D eigenvalue weighted by atomic mass is 10.1. The second kappa shape index (κ2) is 5.31. The molecule has 0 fully saturated rings. The van der Waals surface area contributed by atoms with E-state index in [4.69, 9.17) is 10.5 Å². The normalized spacial score (nSPS) is 12.3. The van der Waals surface area contributed by atoms with Gasteiger partial charge in [-0.2, -0.15) is 0 Å². The first-order valence-electron chi connectivity index (χ1n) is 6.61. The monoisotopic (exact) mass is 264 g/mol. The molecule has 1 aromatic heterocycles. The number of nitrogens with two attached hydrogens (primary N) is 1. The number of pyridine rings is 1. The van der Waals surface area contributed by atoms with Crippen LogP contribution in [-0.2, 0) is 0 Å². The van der Waals surface area contributed by atoms with E-state index in [2.05, 4.69) is 4.98 Å². The summed E-state index contributed by atoms with van der Waals surface area (Å²) in [6.07, 6.45) is 1.77. The van der Waals surface area contributed by atoms with Gasteiger partial charge in [-0.05, 0) is 36.8 Å². The number of para-hydroxylation sites is 1. The Morgan fingerprint density at radius 2 is 1.75 bits per heavy atom. The predicted molar refractivity (Wildman–Crippen MR) is 80.9 cm³/mol. The number of ether oxygens (including phenoxy) is 1. The number of benzene rings is 2. The van der Waals surface area contributed by atoms with E-state index in [1.165, 1.54) is 0 Å². The second-order valence-electron chi connectivity index (χ2n) is 4.79. The lowest BCUT2D eigenvalue weighted by Gasteiger charge is -2.10. The van der Waals surface area contributed by atoms with Crippen LogP contribution >= 0.6 is 0 Å². The van der Waals surface area contributed by atoms with Gasteiger partial charge in [-0.3, -0.25) is 4.98 Å². The van der Waals surface area contributed by atoms with Gasteiger partial charge in [0.15, 0.2) is 5.75 Å². The lowest BCUT2D eigenvalue weighted by Crippen LogP contribution is -2.04. The lowest BCUT2D eigenvalue weighted by molar-refractivity contribution is 0.487. The van der Waals surface area contributed by atoms with Gasteiger partial charge in [0, 0.05) is 17.6 Å². The summed E-state index contributed by atoms with van der Waals surface area (Å²) in [5.74, 6) is 1.55. The third-order valence-electron chi connectivity index (χ3n) is 3.23. The molecule has 2 aromatic carbocycles. The summed E-state index contributed by atoms with van der Waals surface area (Å²) in [5, 5.41) is 1.07. The predicted octanol–water partition coefficient (Wildman–Crippen LogP) is 4.05. The summed E-state index contributed by atoms with van der Waals surface area (Å²) in [5.41, 5.74) is 7.80. The summed E-state index contributed by atoms with van der Waals surface area (Å²) in [7, 11) is 0. The Labute approximate surface area is 118 Å². The van der Waals surface area contributed by atoms with Crippen LogP contribution in [0.5, 0.6) is 11.5 Å². The molecule has 20 heavy (non-hydrogen) atoms. The highest BCUT2D eigenvalue weighted by Gasteiger charge is 2.05. The van der Waals surface area contributed by atoms with Gasteiger partial charge in [0.25, 0.3) is 0 Å². The van der Waals surface area contributed by atoms with Crippen molar-refractivity contribution in [3.8, 4) is 11.5 Å². The minimum Gasteiger partial charge on any atom is -0.455 e. The van der Waals surface area contributed by atoms with Crippen molar-refractivity contribution in [3.63, 3.8) is 0 Å². The van der Waals surface area contributed by atoms with E-state index in [1.54, 1.807) is 6.20 Å². The molecule has 1 unspecified atom stereocenters. The molecule has 0 saturated heterocycles. The smallest absolute Gasteiger partial charge is 0.153 e. The second-order valence-corrected chi connectivity index (χ2v) is 4.79. The molecule has 100 valence electrons. The highest BCUT2D eigenvalue weighted by molar-refractivity contribution is 5.84. The van der Waals surface area contributed by atoms with Crippen LogP contribution in [0.25, 0.3) is 10.9 Å². The Hall–Kier alpha value is -2.39. The van der Waals surface area contributed by atoms with Crippen LogP contribution in [-0.4, -0.2) is 4.98 Å². The molecule has 0 bridgehead atoms. The fourth-order valence-electron chi connectivity index (χ4n) is 2.12. The van der Waals surface area contributed by atoms with Gasteiger partial charge in [-0.15, -0.1) is 0 Å². The Kier molecular flexibility index (Phi) is 3.35. The molecule has 0 aliphatic carbocycles. The molecule has 1 heterocycles. The van der Waals surface area contributed by atoms with Crippen LogP contribution in [0.2, 0.25) is 0 Å². The first-order chi connectivity index (χ1) is 9.74. The van der Waals surface area contributed by atoms with Crippen molar-refractivity contribution in [3.05, 3.63) is 66.4 Å². The SMILES string of the molecule is CC(N)c1ccc(Oc2cccc3cccnc23)cc1. The molecule has 3 nitrogen and oxygen atoms in total. The molecule has 0 saturated carbocycles. The topological polar surface area (TPSA) is 48.1 Å². The average Bonchev–Trinajstić information content (AvgIpc) is 2.48. The summed E-state index contributed by atoms with van der Waals surface area (Å²) in [6.45, 7) is 1.96. The zero-order chi connectivity index (χ0) is 13.9. The Bertz CT molecular complexity index is 715. The number of nitrogens with zero attached hydrogens (tertiary/aromatic N) is 1. The third-order valence-corrected chi connectivity index (χ3v) is 3.23. The fraction of sp³-hybridized carbons (Fsp3) is 0.118. The van der Waals surface area contributed by atoms with Crippen molar-refractivity contribution in [2.75, 3.05) is 0 Å². The van der Waals surface area contributed by atoms with E-state index < -0.39 is 0 Å². The molecule has 2 N–H and O–H groups in total. The highest BCUT2D eigenvalue weighted by atomic mass is 16.5. The maximum absolute atomic E-state index is 5.92. The van der Waals surface area contributed by atoms with Crippen LogP contribution in [0.1, 0.15) is 18.5 Å². The van der Waals surface area contributed by atoms with Gasteiger partial charge >= 0.3 is 0 Å². The Morgan fingerprint density at radius 3 is 2.50 bits per heavy atom. The van der Waals surface area contributed by atoms with Gasteiger partial charge in [0.1, 0.15) is 11.3 Å². The van der Waals surface area contributed by atoms with E-state index in [0.717, 1.165) is 28.0 Å². The van der Waals surface area contributed by atoms with E-state index in [1.807, 2.05) is 61.5 Å². The maximum Gasteiger partial charge on any atom is 0.153 e. The number of fused-ring (bicyclic) bond motifs is 1. The van der Waals surface area contributed by atoms with Gasteiger partial charge in [0.05, 0.1) is 0 Å². The number of rotatable bonds is 3. The summed E-state index contributed by atoms with van der Waals surface area (Å²) >= 11 is 0. The van der Waals surface area contributed by atoms with Crippen molar-refractivity contribution in [2.24, 2.45) is 5.73 Å². The van der Waals surface area contributed by atoms with Gasteiger partial charge in [-0.1, -0.05) is 30.3 Å². The van der Waals surface area contributed by atoms with Crippen molar-refractivity contribution in [1.29, 1.82) is 0 Å². The van der Waals surface area contributed by atoms with Crippen LogP contribution < -0.4 is 10.5 Å². The van der Waals surface area contributed by atoms with Crippen LogP contribution in [0, 0.1) is 0 Å². The molecule has 1 atom stereocenters. The first kappa shape index (κ1) is 12.6. The minimum absolute atomic E-state index is 0.0308. The molecule has 3 rings (SSSR count). The maximum atomic E-state index is 5.92. The Morgan fingerprint density at radius 1 is 1.00 bits per heavy atom. The molecular weight excluding hydrogens is 248 g/mol. The summed E-state index contributed by atoms with van der Waals surface area (Å²) in [6, 6.07) is 17.7. The number of hydrogen-bond donors (Lipinski definition) is 1. The minimum atomic E-state index is 0.0308. The van der Waals surface area contributed by atoms with Crippen molar-refractivity contribution >= 4 is 10.9 Å². The van der Waals surface area contributed by atoms with Gasteiger partial charge in [0.2, 0.25) is 0 Å². The number of aromatic nitrogens is 1. The molecule has 0 aliphatic rings. The highest BCUT2D eigenvalue weighted by Crippen LogP contribution is 2.28. The average molecular weight is 264 g/mol. The molecule has 0 aliphatic heterocycles. The molecule has 3 aromatic rings. The van der Waals surface area contributed by atoms with E-state index in [0.29, 0.717) is 0 Å². The molecule has 3 heteroatoms. The first-order valence-corrected chi connectivity index (χ1v) is 6.61. The Balaban J connectivity index is 1.93. The standard InChI is InChI=1S/C17H16N2O/c1-12(18)13-7-9-15(10-8-13)20-16-6-2-4-14-5-3-11-19-17(14)16/h2-12H,18H2,1H3. The van der Waals surface area contributed by atoms with Gasteiger partial charge < -0.3 is 10.5 Å². The van der Waals surface area contributed by atoms with E-state index in [9.17, 15) is 0 Å². The third kappa shape index (κ3) is 2.49. The quantitative estimate of drug-likeness (QED) is 0.776. The van der Waals surface area contributed by atoms with Crippen LogP contribution in [0.15, 0.2) is 60.8 Å².